The van der Waals surface area contributed by atoms with Crippen LogP contribution in [0.15, 0.2) is 42.6 Å². The van der Waals surface area contributed by atoms with Crippen molar-refractivity contribution in [3.05, 3.63) is 53.9 Å². The Labute approximate surface area is 153 Å². The highest BCUT2D eigenvalue weighted by Crippen LogP contribution is 2.49. The molecule has 6 nitrogen and oxygen atoms in total. The Morgan fingerprint density at radius 3 is 2.69 bits per heavy atom. The molecule has 1 aliphatic carbocycles. The van der Waals surface area contributed by atoms with Crippen molar-refractivity contribution in [2.45, 2.75) is 24.4 Å². The highest BCUT2D eigenvalue weighted by atomic mass is 16.5. The van der Waals surface area contributed by atoms with Crippen molar-refractivity contribution in [3.63, 3.8) is 0 Å². The van der Waals surface area contributed by atoms with E-state index in [4.69, 9.17) is 4.74 Å². The second-order valence-corrected chi connectivity index (χ2v) is 7.23. The van der Waals surface area contributed by atoms with Gasteiger partial charge in [-0.2, -0.15) is 0 Å². The summed E-state index contributed by atoms with van der Waals surface area (Å²) in [5.74, 6) is 0.872. The van der Waals surface area contributed by atoms with Gasteiger partial charge in [-0.15, -0.1) is 0 Å². The first-order chi connectivity index (χ1) is 12.6. The second kappa shape index (κ2) is 6.68. The summed E-state index contributed by atoms with van der Waals surface area (Å²) in [4.78, 5) is 25.9. The van der Waals surface area contributed by atoms with E-state index in [9.17, 15) is 4.79 Å². The van der Waals surface area contributed by atoms with Gasteiger partial charge in [0.25, 0.3) is 0 Å². The van der Waals surface area contributed by atoms with E-state index in [-0.39, 0.29) is 17.4 Å². The molecular weight excluding hydrogens is 328 g/mol. The van der Waals surface area contributed by atoms with Crippen LogP contribution in [-0.2, 0) is 14.9 Å². The molecule has 2 aliphatic rings. The molecule has 1 aromatic heterocycles. The second-order valence-electron chi connectivity index (χ2n) is 7.23. The standard InChI is InChI=1S/C20H24N4O2/c1-23(2)19-21-11-8-16(22-19)17-14-24(12-13-26-17)18(25)20(9-10-20)15-6-4-3-5-7-15/h3-8,11,17H,9-10,12-14H2,1-2H3/t17-/m0/s1. The number of hydrogen-bond acceptors (Lipinski definition) is 5. The number of hydrogen-bond donors (Lipinski definition) is 0. The largest absolute Gasteiger partial charge is 0.368 e. The van der Waals surface area contributed by atoms with Gasteiger partial charge in [0.2, 0.25) is 11.9 Å². The van der Waals surface area contributed by atoms with Crippen LogP contribution in [0.3, 0.4) is 0 Å². The molecule has 0 bridgehead atoms. The van der Waals surface area contributed by atoms with Gasteiger partial charge in [-0.25, -0.2) is 9.97 Å². The number of rotatable bonds is 4. The van der Waals surface area contributed by atoms with Crippen LogP contribution in [0.4, 0.5) is 5.95 Å². The van der Waals surface area contributed by atoms with E-state index in [1.165, 1.54) is 0 Å². The highest BCUT2D eigenvalue weighted by molar-refractivity contribution is 5.91. The van der Waals surface area contributed by atoms with Crippen LogP contribution in [0, 0.1) is 0 Å². The van der Waals surface area contributed by atoms with Gasteiger partial charge in [0.05, 0.1) is 24.3 Å². The molecule has 1 saturated carbocycles. The van der Waals surface area contributed by atoms with E-state index in [1.807, 2.05) is 48.2 Å². The highest BCUT2D eigenvalue weighted by Gasteiger charge is 2.53. The molecule has 2 fully saturated rings. The Morgan fingerprint density at radius 2 is 2.00 bits per heavy atom. The zero-order chi connectivity index (χ0) is 18.1. The Bertz CT molecular complexity index is 789. The zero-order valence-corrected chi connectivity index (χ0v) is 15.3. The molecule has 6 heteroatoms. The number of carbonyl (C=O) groups is 1. The van der Waals surface area contributed by atoms with Gasteiger partial charge in [0.1, 0.15) is 6.10 Å². The minimum absolute atomic E-state index is 0.207. The quantitative estimate of drug-likeness (QED) is 0.844. The average Bonchev–Trinajstić information content (AvgIpc) is 3.50. The lowest BCUT2D eigenvalue weighted by Gasteiger charge is -2.35. The summed E-state index contributed by atoms with van der Waals surface area (Å²) < 4.78 is 5.92. The molecule has 4 rings (SSSR count). The van der Waals surface area contributed by atoms with E-state index < -0.39 is 0 Å². The summed E-state index contributed by atoms with van der Waals surface area (Å²) in [5.41, 5.74) is 1.62. The molecule has 136 valence electrons. The fourth-order valence-electron chi connectivity index (χ4n) is 3.58. The van der Waals surface area contributed by atoms with E-state index >= 15 is 0 Å². The summed E-state index contributed by atoms with van der Waals surface area (Å²) in [5, 5.41) is 0. The number of amides is 1. The third-order valence-corrected chi connectivity index (χ3v) is 5.23. The summed E-state index contributed by atoms with van der Waals surface area (Å²) in [7, 11) is 3.82. The van der Waals surface area contributed by atoms with Crippen LogP contribution in [0.5, 0.6) is 0 Å². The lowest BCUT2D eigenvalue weighted by atomic mass is 9.94. The van der Waals surface area contributed by atoms with Crippen LogP contribution in [0.2, 0.25) is 0 Å². The van der Waals surface area contributed by atoms with Crippen molar-refractivity contribution in [3.8, 4) is 0 Å². The maximum atomic E-state index is 13.3. The molecule has 0 radical (unpaired) electrons. The van der Waals surface area contributed by atoms with Crippen LogP contribution < -0.4 is 4.90 Å². The van der Waals surface area contributed by atoms with Gasteiger partial charge < -0.3 is 14.5 Å². The molecule has 1 aromatic carbocycles. The molecule has 0 spiro atoms. The normalized spacial score (nSPS) is 21.3. The molecule has 26 heavy (non-hydrogen) atoms. The smallest absolute Gasteiger partial charge is 0.233 e. The Morgan fingerprint density at radius 1 is 1.23 bits per heavy atom. The number of nitrogens with zero attached hydrogens (tertiary/aromatic N) is 4. The van der Waals surface area contributed by atoms with Crippen molar-refractivity contribution < 1.29 is 9.53 Å². The lowest BCUT2D eigenvalue weighted by molar-refractivity contribution is -0.142. The van der Waals surface area contributed by atoms with Gasteiger partial charge in [0, 0.05) is 26.8 Å². The molecule has 0 N–H and O–H groups in total. The maximum Gasteiger partial charge on any atom is 0.233 e. The number of ether oxygens (including phenoxy) is 1. The number of morpholine rings is 1. The SMILES string of the molecule is CN(C)c1nccc([C@@H]2CN(C(=O)C3(c4ccccc4)CC3)CCO2)n1. The van der Waals surface area contributed by atoms with E-state index in [0.717, 1.165) is 24.1 Å². The van der Waals surface area contributed by atoms with Gasteiger partial charge in [-0.1, -0.05) is 30.3 Å². The van der Waals surface area contributed by atoms with E-state index in [0.29, 0.717) is 25.6 Å². The maximum absolute atomic E-state index is 13.3. The summed E-state index contributed by atoms with van der Waals surface area (Å²) in [6.07, 6.45) is 3.39. The van der Waals surface area contributed by atoms with E-state index in [1.54, 1.807) is 6.20 Å². The molecule has 2 aromatic rings. The molecule has 1 atom stereocenters. The molecule has 1 amide bonds. The minimum atomic E-state index is -0.330. The number of anilines is 1. The molecular formula is C20H24N4O2. The van der Waals surface area contributed by atoms with Crippen molar-refractivity contribution in [1.29, 1.82) is 0 Å². The number of aromatic nitrogens is 2. The molecule has 1 aliphatic heterocycles. The van der Waals surface area contributed by atoms with Crippen LogP contribution in [0.25, 0.3) is 0 Å². The zero-order valence-electron chi connectivity index (χ0n) is 15.3. The fourth-order valence-corrected chi connectivity index (χ4v) is 3.58. The topological polar surface area (TPSA) is 58.6 Å². The first kappa shape index (κ1) is 17.0. The Kier molecular flexibility index (Phi) is 4.36. The monoisotopic (exact) mass is 352 g/mol. The molecule has 1 saturated heterocycles. The van der Waals surface area contributed by atoms with Crippen LogP contribution in [0.1, 0.15) is 30.2 Å². The first-order valence-corrected chi connectivity index (χ1v) is 9.07. The number of benzene rings is 1. The molecule has 2 heterocycles. The Balaban J connectivity index is 1.52. The fraction of sp³-hybridized carbons (Fsp3) is 0.450. The van der Waals surface area contributed by atoms with Crippen molar-refractivity contribution in [1.82, 2.24) is 14.9 Å². The average molecular weight is 352 g/mol. The predicted octanol–water partition coefficient (Wildman–Crippen LogP) is 2.17. The Hall–Kier alpha value is -2.47. The van der Waals surface area contributed by atoms with Gasteiger partial charge >= 0.3 is 0 Å². The number of carbonyl (C=O) groups excluding carboxylic acids is 1. The first-order valence-electron chi connectivity index (χ1n) is 9.07. The van der Waals surface area contributed by atoms with Crippen molar-refractivity contribution in [2.24, 2.45) is 0 Å². The van der Waals surface area contributed by atoms with Crippen molar-refractivity contribution >= 4 is 11.9 Å². The third kappa shape index (κ3) is 3.05. The van der Waals surface area contributed by atoms with Gasteiger partial charge in [-0.05, 0) is 24.5 Å². The van der Waals surface area contributed by atoms with E-state index in [2.05, 4.69) is 22.1 Å². The molecule has 0 unspecified atom stereocenters. The van der Waals surface area contributed by atoms with Crippen LogP contribution in [-0.4, -0.2) is 54.6 Å². The summed E-state index contributed by atoms with van der Waals surface area (Å²) >= 11 is 0. The summed E-state index contributed by atoms with van der Waals surface area (Å²) in [6, 6.07) is 12.0. The van der Waals surface area contributed by atoms with Crippen molar-refractivity contribution in [2.75, 3.05) is 38.7 Å². The minimum Gasteiger partial charge on any atom is -0.368 e. The van der Waals surface area contributed by atoms with Gasteiger partial charge in [0.15, 0.2) is 0 Å². The predicted molar refractivity (Wildman–Crippen MR) is 99.0 cm³/mol. The third-order valence-electron chi connectivity index (χ3n) is 5.23. The van der Waals surface area contributed by atoms with Crippen LogP contribution >= 0.6 is 0 Å². The van der Waals surface area contributed by atoms with Gasteiger partial charge in [-0.3, -0.25) is 4.79 Å². The summed E-state index contributed by atoms with van der Waals surface area (Å²) in [6.45, 7) is 1.70. The lowest BCUT2D eigenvalue weighted by Crippen LogP contribution is -2.47.